The van der Waals surface area contributed by atoms with Gasteiger partial charge in [0.1, 0.15) is 0 Å². The second kappa shape index (κ2) is 8.42. The second-order valence-corrected chi connectivity index (χ2v) is 12.5. The molecular weight excluding hydrogens is 364 g/mol. The van der Waals surface area contributed by atoms with Crippen LogP contribution < -0.4 is 0 Å². The molecule has 0 bridgehead atoms. The summed E-state index contributed by atoms with van der Waals surface area (Å²) in [6, 6.07) is 0. The molecule has 0 aromatic rings. The summed E-state index contributed by atoms with van der Waals surface area (Å²) in [6.07, 6.45) is 19.2. The van der Waals surface area contributed by atoms with E-state index in [1.807, 2.05) is 5.57 Å². The first-order chi connectivity index (χ1) is 14.2. The zero-order valence-electron chi connectivity index (χ0n) is 20.7. The van der Waals surface area contributed by atoms with Gasteiger partial charge >= 0.3 is 0 Å². The Kier molecular flexibility index (Phi) is 6.35. The van der Waals surface area contributed by atoms with E-state index >= 15 is 0 Å². The first-order valence-corrected chi connectivity index (χ1v) is 13.3. The third-order valence-corrected chi connectivity index (χ3v) is 10.7. The Bertz CT molecular complexity index is 674. The van der Waals surface area contributed by atoms with Crippen LogP contribution >= 0.6 is 0 Å². The van der Waals surface area contributed by atoms with Crippen molar-refractivity contribution in [3.05, 3.63) is 23.8 Å². The van der Waals surface area contributed by atoms with Crippen LogP contribution in [0.3, 0.4) is 0 Å². The van der Waals surface area contributed by atoms with E-state index in [1.165, 1.54) is 44.9 Å². The Morgan fingerprint density at radius 3 is 2.40 bits per heavy atom. The quantitative estimate of drug-likeness (QED) is 0.457. The van der Waals surface area contributed by atoms with E-state index in [9.17, 15) is 5.11 Å². The molecule has 0 spiro atoms. The highest BCUT2D eigenvalue weighted by Crippen LogP contribution is 2.66. The minimum Gasteiger partial charge on any atom is -0.393 e. The zero-order valence-corrected chi connectivity index (χ0v) is 20.7. The van der Waals surface area contributed by atoms with Crippen LogP contribution in [0.2, 0.25) is 0 Å². The molecule has 30 heavy (non-hydrogen) atoms. The highest BCUT2D eigenvalue weighted by molar-refractivity contribution is 5.28. The summed E-state index contributed by atoms with van der Waals surface area (Å²) in [4.78, 5) is 0. The third-order valence-electron chi connectivity index (χ3n) is 10.7. The predicted octanol–water partition coefficient (Wildman–Crippen LogP) is 7.80. The van der Waals surface area contributed by atoms with Crippen LogP contribution in [-0.4, -0.2) is 11.2 Å². The summed E-state index contributed by atoms with van der Waals surface area (Å²) in [5, 5.41) is 10.3. The SMILES string of the molecule is CC[C@H](/C=C/[C@H](C)[C@@H]1CC[C@H]2C3=CC[C@H]4C[C@H](O)CC[C@]4(C)[C@@H]3CC[C@]21C)C(C)C. The van der Waals surface area contributed by atoms with Gasteiger partial charge < -0.3 is 5.11 Å². The van der Waals surface area contributed by atoms with Gasteiger partial charge in [-0.25, -0.2) is 0 Å². The minimum atomic E-state index is -0.0480. The molecule has 1 N–H and O–H groups in total. The van der Waals surface area contributed by atoms with Crippen LogP contribution in [0.4, 0.5) is 0 Å². The molecular formula is C29H48O. The second-order valence-electron chi connectivity index (χ2n) is 12.5. The van der Waals surface area contributed by atoms with Crippen LogP contribution in [0.1, 0.15) is 99.3 Å². The fourth-order valence-electron chi connectivity index (χ4n) is 8.68. The summed E-state index contributed by atoms with van der Waals surface area (Å²) >= 11 is 0. The maximum atomic E-state index is 10.3. The summed E-state index contributed by atoms with van der Waals surface area (Å²) in [5.41, 5.74) is 2.79. The molecule has 0 radical (unpaired) electrons. The monoisotopic (exact) mass is 412 g/mol. The lowest BCUT2D eigenvalue weighted by molar-refractivity contribution is -0.0414. The van der Waals surface area contributed by atoms with Gasteiger partial charge in [-0.1, -0.05) is 65.3 Å². The Balaban J connectivity index is 1.53. The summed E-state index contributed by atoms with van der Waals surface area (Å²) in [5.74, 6) is 5.32. The van der Waals surface area contributed by atoms with E-state index in [1.54, 1.807) is 0 Å². The third kappa shape index (κ3) is 3.66. The van der Waals surface area contributed by atoms with Crippen molar-refractivity contribution in [2.24, 2.45) is 52.3 Å². The highest BCUT2D eigenvalue weighted by Gasteiger charge is 2.57. The molecule has 4 aliphatic carbocycles. The largest absolute Gasteiger partial charge is 0.393 e. The van der Waals surface area contributed by atoms with E-state index in [0.717, 1.165) is 42.4 Å². The van der Waals surface area contributed by atoms with Crippen molar-refractivity contribution < 1.29 is 5.11 Å². The lowest BCUT2D eigenvalue weighted by Gasteiger charge is -2.57. The van der Waals surface area contributed by atoms with Gasteiger partial charge in [0.25, 0.3) is 0 Å². The highest BCUT2D eigenvalue weighted by atomic mass is 16.3. The lowest BCUT2D eigenvalue weighted by Crippen LogP contribution is -2.49. The Labute approximate surface area is 186 Å². The summed E-state index contributed by atoms with van der Waals surface area (Å²) in [6.45, 7) is 14.8. The van der Waals surface area contributed by atoms with Crippen LogP contribution in [0, 0.1) is 52.3 Å². The van der Waals surface area contributed by atoms with Gasteiger partial charge in [-0.2, -0.15) is 0 Å². The van der Waals surface area contributed by atoms with E-state index < -0.39 is 0 Å². The summed E-state index contributed by atoms with van der Waals surface area (Å²) < 4.78 is 0. The minimum absolute atomic E-state index is 0.0480. The van der Waals surface area contributed by atoms with Gasteiger partial charge in [0.2, 0.25) is 0 Å². The maximum absolute atomic E-state index is 10.3. The molecule has 0 unspecified atom stereocenters. The van der Waals surface area contributed by atoms with Crippen molar-refractivity contribution in [1.82, 2.24) is 0 Å². The normalized spacial score (nSPS) is 45.6. The van der Waals surface area contributed by atoms with Crippen LogP contribution in [0.5, 0.6) is 0 Å². The Morgan fingerprint density at radius 1 is 1.00 bits per heavy atom. The Hall–Kier alpha value is -0.560. The van der Waals surface area contributed by atoms with E-state index in [2.05, 4.69) is 59.8 Å². The fraction of sp³-hybridized carbons (Fsp3) is 0.862. The molecule has 0 heterocycles. The number of hydrogen-bond donors (Lipinski definition) is 1. The molecule has 4 rings (SSSR count). The lowest BCUT2D eigenvalue weighted by atomic mass is 9.47. The predicted molar refractivity (Wildman–Crippen MR) is 128 cm³/mol. The molecule has 1 heteroatoms. The topological polar surface area (TPSA) is 20.2 Å². The van der Waals surface area contributed by atoms with Crippen molar-refractivity contribution in [2.45, 2.75) is 105 Å². The maximum Gasteiger partial charge on any atom is 0.0543 e. The van der Waals surface area contributed by atoms with Crippen molar-refractivity contribution in [1.29, 1.82) is 0 Å². The molecule has 0 aromatic heterocycles. The molecule has 0 aromatic carbocycles. The number of aliphatic hydroxyl groups excluding tert-OH is 1. The Morgan fingerprint density at radius 2 is 1.70 bits per heavy atom. The van der Waals surface area contributed by atoms with Gasteiger partial charge in [-0.05, 0) is 110 Å². The van der Waals surface area contributed by atoms with E-state index in [0.29, 0.717) is 22.7 Å². The first kappa shape index (κ1) is 22.6. The number of hydrogen-bond acceptors (Lipinski definition) is 1. The van der Waals surface area contributed by atoms with Crippen molar-refractivity contribution in [3.8, 4) is 0 Å². The average molecular weight is 413 g/mol. The van der Waals surface area contributed by atoms with E-state index in [4.69, 9.17) is 0 Å². The molecule has 0 aliphatic heterocycles. The molecule has 3 saturated carbocycles. The molecule has 170 valence electrons. The first-order valence-electron chi connectivity index (χ1n) is 13.3. The van der Waals surface area contributed by atoms with Gasteiger partial charge in [0, 0.05) is 0 Å². The van der Waals surface area contributed by atoms with Crippen LogP contribution in [-0.2, 0) is 0 Å². The zero-order chi connectivity index (χ0) is 21.7. The average Bonchev–Trinajstić information content (AvgIpc) is 3.06. The number of fused-ring (bicyclic) bond motifs is 5. The smallest absolute Gasteiger partial charge is 0.0543 e. The van der Waals surface area contributed by atoms with E-state index in [-0.39, 0.29) is 6.10 Å². The molecule has 3 fully saturated rings. The molecule has 9 atom stereocenters. The van der Waals surface area contributed by atoms with Crippen LogP contribution in [0.15, 0.2) is 23.8 Å². The van der Waals surface area contributed by atoms with Gasteiger partial charge in [-0.3, -0.25) is 0 Å². The standard InChI is InChI=1S/C29H48O/c1-7-21(19(2)3)9-8-20(4)25-12-13-26-24-11-10-22-18-23(30)14-16-28(22,5)27(24)15-17-29(25,26)6/h8-9,11,19-23,25-27,30H,7,10,12-18H2,1-6H3/b9-8+/t20-,21+,22-,23+,25-,26-,27+,28-,29-/m0/s1. The molecule has 1 nitrogen and oxygen atoms in total. The van der Waals surface area contributed by atoms with Crippen molar-refractivity contribution in [3.63, 3.8) is 0 Å². The molecule has 0 saturated heterocycles. The van der Waals surface area contributed by atoms with Crippen LogP contribution in [0.25, 0.3) is 0 Å². The molecule has 4 aliphatic rings. The fourth-order valence-corrected chi connectivity index (χ4v) is 8.68. The molecule has 0 amide bonds. The number of rotatable bonds is 5. The number of allylic oxidation sites excluding steroid dienone is 4. The van der Waals surface area contributed by atoms with Gasteiger partial charge in [0.05, 0.1) is 6.10 Å². The number of aliphatic hydroxyl groups is 1. The van der Waals surface area contributed by atoms with Crippen molar-refractivity contribution in [2.75, 3.05) is 0 Å². The van der Waals surface area contributed by atoms with Gasteiger partial charge in [0.15, 0.2) is 0 Å². The van der Waals surface area contributed by atoms with Crippen molar-refractivity contribution >= 4 is 0 Å². The summed E-state index contributed by atoms with van der Waals surface area (Å²) in [7, 11) is 0. The van der Waals surface area contributed by atoms with Gasteiger partial charge in [-0.15, -0.1) is 0 Å².